The van der Waals surface area contributed by atoms with E-state index in [1.54, 1.807) is 0 Å². The normalized spacial score (nSPS) is 13.6. The van der Waals surface area contributed by atoms with Gasteiger partial charge in [0.25, 0.3) is 0 Å². The lowest BCUT2D eigenvalue weighted by molar-refractivity contribution is -0.120. The van der Waals surface area contributed by atoms with E-state index in [9.17, 15) is 4.79 Å². The summed E-state index contributed by atoms with van der Waals surface area (Å²) in [4.78, 5) is 16.0. The average Bonchev–Trinajstić information content (AvgIpc) is 2.90. The van der Waals surface area contributed by atoms with Gasteiger partial charge < -0.3 is 11.1 Å². The molecule has 4 N–H and O–H groups in total. The molecule has 0 bridgehead atoms. The molecule has 0 aliphatic heterocycles. The lowest BCUT2D eigenvalue weighted by atomic mass is 10.0. The molecule has 0 aliphatic carbocycles. The van der Waals surface area contributed by atoms with Crippen LogP contribution in [0.5, 0.6) is 0 Å². The molecular formula is C14H19N5OS. The van der Waals surface area contributed by atoms with E-state index in [-0.39, 0.29) is 23.0 Å². The van der Waals surface area contributed by atoms with Crippen LogP contribution in [0.3, 0.4) is 0 Å². The number of carbonyl (C=O) groups is 1. The van der Waals surface area contributed by atoms with Gasteiger partial charge in [-0.2, -0.15) is 4.98 Å². The van der Waals surface area contributed by atoms with Crippen molar-refractivity contribution in [1.82, 2.24) is 20.5 Å². The first kappa shape index (κ1) is 15.4. The summed E-state index contributed by atoms with van der Waals surface area (Å²) in [6.45, 7) is 4.51. The number of hydrogen-bond donors (Lipinski definition) is 3. The second-order valence-corrected chi connectivity index (χ2v) is 6.13. The van der Waals surface area contributed by atoms with Gasteiger partial charge in [0, 0.05) is 6.54 Å². The molecule has 2 aromatic rings. The Balaban J connectivity index is 1.81. The number of nitrogens with one attached hydrogen (secondary N) is 2. The van der Waals surface area contributed by atoms with Crippen LogP contribution in [0.1, 0.15) is 25.3 Å². The number of rotatable bonds is 6. The van der Waals surface area contributed by atoms with E-state index in [0.29, 0.717) is 11.7 Å². The van der Waals surface area contributed by atoms with Gasteiger partial charge in [0.1, 0.15) is 0 Å². The maximum Gasteiger partial charge on any atom is 0.233 e. The molecule has 2 rings (SSSR count). The molecule has 112 valence electrons. The first-order valence-corrected chi connectivity index (χ1v) is 7.61. The fraction of sp³-hybridized carbons (Fsp3) is 0.357. The van der Waals surface area contributed by atoms with Gasteiger partial charge in [-0.05, 0) is 18.4 Å². The zero-order valence-electron chi connectivity index (χ0n) is 12.0. The van der Waals surface area contributed by atoms with Crippen molar-refractivity contribution in [1.29, 1.82) is 0 Å². The van der Waals surface area contributed by atoms with Crippen LogP contribution in [0, 0.1) is 0 Å². The van der Waals surface area contributed by atoms with Crippen molar-refractivity contribution >= 4 is 23.6 Å². The van der Waals surface area contributed by atoms with Crippen LogP contribution < -0.4 is 11.1 Å². The Labute approximate surface area is 127 Å². The summed E-state index contributed by atoms with van der Waals surface area (Å²) in [5.74, 6) is 0.487. The third kappa shape index (κ3) is 4.49. The third-order valence-electron chi connectivity index (χ3n) is 3.08. The third-order valence-corrected chi connectivity index (χ3v) is 4.05. The van der Waals surface area contributed by atoms with Crippen LogP contribution in [-0.2, 0) is 4.79 Å². The Morgan fingerprint density at radius 1 is 1.38 bits per heavy atom. The number of hydrogen-bond acceptors (Lipinski definition) is 5. The number of nitrogens with zero attached hydrogens (tertiary/aromatic N) is 2. The summed E-state index contributed by atoms with van der Waals surface area (Å²) in [5, 5.41) is 9.61. The van der Waals surface area contributed by atoms with Crippen LogP contribution in [0.2, 0.25) is 0 Å². The Kier molecular flexibility index (Phi) is 5.21. The summed E-state index contributed by atoms with van der Waals surface area (Å²) in [5.41, 5.74) is 6.66. The van der Waals surface area contributed by atoms with Crippen LogP contribution in [-0.4, -0.2) is 32.9 Å². The molecule has 21 heavy (non-hydrogen) atoms. The number of amides is 1. The number of carbonyl (C=O) groups excluding carboxylic acids is 1. The molecule has 1 aromatic carbocycles. The molecule has 1 heterocycles. The van der Waals surface area contributed by atoms with Crippen LogP contribution in [0.15, 0.2) is 35.5 Å². The molecule has 1 amide bonds. The molecular weight excluding hydrogens is 286 g/mol. The zero-order valence-corrected chi connectivity index (χ0v) is 12.9. The van der Waals surface area contributed by atoms with Gasteiger partial charge in [0.2, 0.25) is 17.0 Å². The molecule has 1 aromatic heterocycles. The molecule has 2 atom stereocenters. The summed E-state index contributed by atoms with van der Waals surface area (Å²) >= 11 is 1.27. The van der Waals surface area contributed by atoms with E-state index < -0.39 is 0 Å². The number of benzene rings is 1. The quantitative estimate of drug-likeness (QED) is 0.707. The van der Waals surface area contributed by atoms with Crippen molar-refractivity contribution in [2.45, 2.75) is 30.2 Å². The van der Waals surface area contributed by atoms with E-state index in [0.717, 1.165) is 0 Å². The Morgan fingerprint density at radius 2 is 2.10 bits per heavy atom. The van der Waals surface area contributed by atoms with Gasteiger partial charge in [0.15, 0.2) is 0 Å². The maximum atomic E-state index is 12.1. The van der Waals surface area contributed by atoms with Gasteiger partial charge in [-0.25, -0.2) is 5.10 Å². The molecule has 0 spiro atoms. The summed E-state index contributed by atoms with van der Waals surface area (Å²) in [7, 11) is 0. The minimum atomic E-state index is -0.275. The second kappa shape index (κ2) is 7.12. The minimum absolute atomic E-state index is 0.0360. The summed E-state index contributed by atoms with van der Waals surface area (Å²) in [6, 6.07) is 10.1. The van der Waals surface area contributed by atoms with Crippen molar-refractivity contribution in [3.63, 3.8) is 0 Å². The van der Waals surface area contributed by atoms with Gasteiger partial charge in [0.05, 0.1) is 5.25 Å². The SMILES string of the molecule is C[C@H](Sc1n[nH]c(N)n1)C(=O)NC[C@@H](C)c1ccccc1. The highest BCUT2D eigenvalue weighted by Gasteiger charge is 2.17. The highest BCUT2D eigenvalue weighted by molar-refractivity contribution is 8.00. The van der Waals surface area contributed by atoms with E-state index in [1.165, 1.54) is 17.3 Å². The molecule has 7 heteroatoms. The van der Waals surface area contributed by atoms with Crippen molar-refractivity contribution in [3.8, 4) is 0 Å². The number of H-pyrrole nitrogens is 1. The second-order valence-electron chi connectivity index (χ2n) is 4.82. The van der Waals surface area contributed by atoms with Crippen molar-refractivity contribution in [2.75, 3.05) is 12.3 Å². The van der Waals surface area contributed by atoms with E-state index in [4.69, 9.17) is 5.73 Å². The van der Waals surface area contributed by atoms with Crippen LogP contribution in [0.25, 0.3) is 0 Å². The number of aromatic nitrogens is 3. The summed E-state index contributed by atoms with van der Waals surface area (Å²) in [6.07, 6.45) is 0. The standard InChI is InChI=1S/C14H19N5OS/c1-9(11-6-4-3-5-7-11)8-16-12(20)10(2)21-14-17-13(15)18-19-14/h3-7,9-10H,8H2,1-2H3,(H,16,20)(H3,15,17,18,19)/t9-,10+/m1/s1. The Hall–Kier alpha value is -2.02. The zero-order chi connectivity index (χ0) is 15.2. The predicted molar refractivity (Wildman–Crippen MR) is 84.0 cm³/mol. The first-order valence-electron chi connectivity index (χ1n) is 6.73. The number of thioether (sulfide) groups is 1. The number of nitrogen functional groups attached to an aromatic ring is 1. The van der Waals surface area contributed by atoms with Crippen LogP contribution >= 0.6 is 11.8 Å². The first-order chi connectivity index (χ1) is 10.1. The monoisotopic (exact) mass is 305 g/mol. The molecule has 0 fully saturated rings. The molecule has 0 saturated heterocycles. The molecule has 0 aliphatic rings. The minimum Gasteiger partial charge on any atom is -0.368 e. The number of aromatic amines is 1. The van der Waals surface area contributed by atoms with Gasteiger partial charge in [-0.1, -0.05) is 49.0 Å². The fourth-order valence-electron chi connectivity index (χ4n) is 1.82. The topological polar surface area (TPSA) is 96.7 Å². The van der Waals surface area contributed by atoms with Crippen molar-refractivity contribution in [2.24, 2.45) is 0 Å². The molecule has 0 radical (unpaired) electrons. The van der Waals surface area contributed by atoms with Gasteiger partial charge >= 0.3 is 0 Å². The van der Waals surface area contributed by atoms with Gasteiger partial charge in [-0.3, -0.25) is 4.79 Å². The van der Waals surface area contributed by atoms with E-state index in [2.05, 4.69) is 39.6 Å². The number of anilines is 1. The Morgan fingerprint density at radius 3 is 2.71 bits per heavy atom. The number of nitrogens with two attached hydrogens (primary N) is 1. The average molecular weight is 305 g/mol. The lowest BCUT2D eigenvalue weighted by Crippen LogP contribution is -2.33. The van der Waals surface area contributed by atoms with Crippen molar-refractivity contribution < 1.29 is 4.79 Å². The maximum absolute atomic E-state index is 12.1. The lowest BCUT2D eigenvalue weighted by Gasteiger charge is -2.15. The highest BCUT2D eigenvalue weighted by Crippen LogP contribution is 2.20. The van der Waals surface area contributed by atoms with Crippen LogP contribution in [0.4, 0.5) is 5.95 Å². The largest absolute Gasteiger partial charge is 0.368 e. The summed E-state index contributed by atoms with van der Waals surface area (Å²) < 4.78 is 0. The van der Waals surface area contributed by atoms with E-state index in [1.807, 2.05) is 25.1 Å². The predicted octanol–water partition coefficient (Wildman–Crippen LogP) is 1.79. The smallest absolute Gasteiger partial charge is 0.233 e. The Bertz CT molecular complexity index is 586. The molecule has 6 nitrogen and oxygen atoms in total. The van der Waals surface area contributed by atoms with Crippen molar-refractivity contribution in [3.05, 3.63) is 35.9 Å². The van der Waals surface area contributed by atoms with E-state index >= 15 is 0 Å². The fourth-order valence-corrected chi connectivity index (χ4v) is 2.58. The molecule has 0 unspecified atom stereocenters. The molecule has 0 saturated carbocycles. The van der Waals surface area contributed by atoms with Gasteiger partial charge in [-0.15, -0.1) is 5.10 Å². The highest BCUT2D eigenvalue weighted by atomic mass is 32.2.